The first kappa shape index (κ1) is 20.7. The highest BCUT2D eigenvalue weighted by Gasteiger charge is 2.24. The number of nitrogens with zero attached hydrogens (tertiary/aromatic N) is 3. The number of fused-ring (bicyclic) bond motifs is 1. The minimum atomic E-state index is -0.271. The van der Waals surface area contributed by atoms with Crippen LogP contribution >= 0.6 is 23.1 Å². The van der Waals surface area contributed by atoms with Crippen LogP contribution in [-0.2, 0) is 4.79 Å². The molecule has 0 atom stereocenters. The molecule has 0 N–H and O–H groups in total. The summed E-state index contributed by atoms with van der Waals surface area (Å²) in [5.74, 6) is 1.48. The molecule has 0 saturated carbocycles. The second-order valence-electron chi connectivity index (χ2n) is 6.75. The lowest BCUT2D eigenvalue weighted by Crippen LogP contribution is -2.49. The fourth-order valence-corrected chi connectivity index (χ4v) is 5.16. The molecule has 3 aromatic rings. The molecule has 1 fully saturated rings. The van der Waals surface area contributed by atoms with Crippen molar-refractivity contribution in [2.24, 2.45) is 0 Å². The van der Waals surface area contributed by atoms with E-state index in [2.05, 4.69) is 4.90 Å². The van der Waals surface area contributed by atoms with Gasteiger partial charge in [0.2, 0.25) is 5.91 Å². The van der Waals surface area contributed by atoms with Crippen molar-refractivity contribution >= 4 is 44.4 Å². The topological polar surface area (TPSA) is 54.9 Å². The number of thioether (sulfide) groups is 1. The van der Waals surface area contributed by atoms with Crippen molar-refractivity contribution in [3.05, 3.63) is 42.2 Å². The monoisotopic (exact) mass is 447 g/mol. The van der Waals surface area contributed by atoms with E-state index in [1.54, 1.807) is 37.7 Å². The maximum Gasteiger partial charge on any atom is 0.233 e. The number of hydrogen-bond acceptors (Lipinski definition) is 7. The molecule has 0 aliphatic carbocycles. The standard InChI is InChI=1S/C21H22FN3O3S2/c1-27-16-7-8-17-19(20(16)28-2)23-21(30-17)25-11-9-24(10-12-25)18(26)13-29-15-5-3-14(22)4-6-15/h3-8H,9-13H2,1-2H3. The van der Waals surface area contributed by atoms with E-state index < -0.39 is 0 Å². The lowest BCUT2D eigenvalue weighted by Gasteiger charge is -2.34. The highest BCUT2D eigenvalue weighted by molar-refractivity contribution is 8.00. The molecule has 2 heterocycles. The van der Waals surface area contributed by atoms with Crippen molar-refractivity contribution in [2.45, 2.75) is 4.90 Å². The highest BCUT2D eigenvalue weighted by atomic mass is 32.2. The van der Waals surface area contributed by atoms with Crippen LogP contribution in [0, 0.1) is 5.82 Å². The van der Waals surface area contributed by atoms with Gasteiger partial charge in [0.25, 0.3) is 0 Å². The van der Waals surface area contributed by atoms with E-state index in [9.17, 15) is 9.18 Å². The Kier molecular flexibility index (Phi) is 6.29. The van der Waals surface area contributed by atoms with Crippen molar-refractivity contribution in [1.29, 1.82) is 0 Å². The summed E-state index contributed by atoms with van der Waals surface area (Å²) in [4.78, 5) is 22.3. The van der Waals surface area contributed by atoms with Crippen molar-refractivity contribution in [2.75, 3.05) is 51.1 Å². The van der Waals surface area contributed by atoms with Gasteiger partial charge in [0.05, 0.1) is 24.7 Å². The Bertz CT molecular complexity index is 1030. The van der Waals surface area contributed by atoms with Gasteiger partial charge in [-0.25, -0.2) is 9.37 Å². The van der Waals surface area contributed by atoms with Crippen LogP contribution in [0.5, 0.6) is 11.5 Å². The molecule has 1 saturated heterocycles. The van der Waals surface area contributed by atoms with Gasteiger partial charge in [-0.15, -0.1) is 11.8 Å². The van der Waals surface area contributed by atoms with Gasteiger partial charge in [-0.2, -0.15) is 0 Å². The second kappa shape index (κ2) is 9.09. The molecule has 9 heteroatoms. The first-order valence-electron chi connectivity index (χ1n) is 9.51. The largest absolute Gasteiger partial charge is 0.493 e. The van der Waals surface area contributed by atoms with Gasteiger partial charge in [0, 0.05) is 31.1 Å². The minimum Gasteiger partial charge on any atom is -0.493 e. The number of piperazine rings is 1. The van der Waals surface area contributed by atoms with Crippen LogP contribution in [0.15, 0.2) is 41.3 Å². The van der Waals surface area contributed by atoms with Crippen LogP contribution in [0.4, 0.5) is 9.52 Å². The van der Waals surface area contributed by atoms with Crippen LogP contribution in [0.1, 0.15) is 0 Å². The van der Waals surface area contributed by atoms with Crippen LogP contribution in [0.25, 0.3) is 10.2 Å². The van der Waals surface area contributed by atoms with Crippen molar-refractivity contribution in [1.82, 2.24) is 9.88 Å². The third-order valence-corrected chi connectivity index (χ3v) is 7.05. The molecule has 30 heavy (non-hydrogen) atoms. The number of carbonyl (C=O) groups is 1. The van der Waals surface area contributed by atoms with Gasteiger partial charge in [0.15, 0.2) is 16.6 Å². The highest BCUT2D eigenvalue weighted by Crippen LogP contribution is 2.40. The molecule has 0 unspecified atom stereocenters. The quantitative estimate of drug-likeness (QED) is 0.535. The fourth-order valence-electron chi connectivity index (χ4n) is 3.35. The van der Waals surface area contributed by atoms with Gasteiger partial charge in [-0.1, -0.05) is 11.3 Å². The number of anilines is 1. The zero-order chi connectivity index (χ0) is 21.1. The summed E-state index contributed by atoms with van der Waals surface area (Å²) in [6.45, 7) is 2.76. The van der Waals surface area contributed by atoms with Crippen molar-refractivity contribution < 1.29 is 18.7 Å². The Morgan fingerprint density at radius 2 is 1.83 bits per heavy atom. The molecular formula is C21H22FN3O3S2. The lowest BCUT2D eigenvalue weighted by molar-refractivity contribution is -0.128. The third-order valence-electron chi connectivity index (χ3n) is 4.97. The molecule has 1 amide bonds. The summed E-state index contributed by atoms with van der Waals surface area (Å²) in [7, 11) is 3.23. The molecule has 0 bridgehead atoms. The number of hydrogen-bond donors (Lipinski definition) is 0. The summed E-state index contributed by atoms with van der Waals surface area (Å²) < 4.78 is 24.9. The van der Waals surface area contributed by atoms with E-state index >= 15 is 0 Å². The van der Waals surface area contributed by atoms with Gasteiger partial charge in [0.1, 0.15) is 11.3 Å². The molecule has 0 radical (unpaired) electrons. The molecule has 1 aliphatic heterocycles. The van der Waals surface area contributed by atoms with Crippen LogP contribution in [0.2, 0.25) is 0 Å². The predicted octanol–water partition coefficient (Wildman–Crippen LogP) is 3.89. The molecule has 1 aliphatic rings. The molecule has 158 valence electrons. The van der Waals surface area contributed by atoms with Crippen LogP contribution in [-0.4, -0.2) is 61.9 Å². The number of halogens is 1. The fraction of sp³-hybridized carbons (Fsp3) is 0.333. The number of ether oxygens (including phenoxy) is 2. The van der Waals surface area contributed by atoms with E-state index in [0.29, 0.717) is 30.3 Å². The van der Waals surface area contributed by atoms with Crippen molar-refractivity contribution in [3.63, 3.8) is 0 Å². The number of carbonyl (C=O) groups excluding carboxylic acids is 1. The first-order chi connectivity index (χ1) is 14.6. The van der Waals surface area contributed by atoms with E-state index in [4.69, 9.17) is 14.5 Å². The van der Waals surface area contributed by atoms with Gasteiger partial charge in [-0.3, -0.25) is 4.79 Å². The molecular weight excluding hydrogens is 425 g/mol. The summed E-state index contributed by atoms with van der Waals surface area (Å²) in [6, 6.07) is 10.1. The Balaban J connectivity index is 1.37. The number of methoxy groups -OCH3 is 2. The van der Waals surface area contributed by atoms with E-state index in [1.807, 2.05) is 17.0 Å². The average molecular weight is 448 g/mol. The number of benzene rings is 2. The molecule has 6 nitrogen and oxygen atoms in total. The van der Waals surface area contributed by atoms with E-state index in [1.165, 1.54) is 23.9 Å². The van der Waals surface area contributed by atoms with Crippen LogP contribution in [0.3, 0.4) is 0 Å². The minimum absolute atomic E-state index is 0.0969. The second-order valence-corrected chi connectivity index (χ2v) is 8.81. The van der Waals surface area contributed by atoms with Gasteiger partial charge >= 0.3 is 0 Å². The Hall–Kier alpha value is -2.52. The smallest absolute Gasteiger partial charge is 0.233 e. The average Bonchev–Trinajstić information content (AvgIpc) is 3.22. The first-order valence-corrected chi connectivity index (χ1v) is 11.3. The van der Waals surface area contributed by atoms with Crippen LogP contribution < -0.4 is 14.4 Å². The lowest BCUT2D eigenvalue weighted by atomic mass is 10.3. The maximum atomic E-state index is 13.0. The van der Waals surface area contributed by atoms with E-state index in [-0.39, 0.29) is 11.7 Å². The Morgan fingerprint density at radius 3 is 2.50 bits per heavy atom. The van der Waals surface area contributed by atoms with Gasteiger partial charge in [-0.05, 0) is 36.4 Å². The molecule has 0 spiro atoms. The number of amides is 1. The Labute approximate surface area is 182 Å². The zero-order valence-corrected chi connectivity index (χ0v) is 18.4. The summed E-state index contributed by atoms with van der Waals surface area (Å²) >= 11 is 3.04. The molecule has 4 rings (SSSR count). The zero-order valence-electron chi connectivity index (χ0n) is 16.8. The number of thiazole rings is 1. The number of rotatable bonds is 6. The molecule has 1 aromatic heterocycles. The summed E-state index contributed by atoms with van der Waals surface area (Å²) in [5.41, 5.74) is 0.797. The van der Waals surface area contributed by atoms with Crippen molar-refractivity contribution in [3.8, 4) is 11.5 Å². The Morgan fingerprint density at radius 1 is 1.10 bits per heavy atom. The normalized spacial score (nSPS) is 14.2. The van der Waals surface area contributed by atoms with E-state index in [0.717, 1.165) is 33.3 Å². The number of aromatic nitrogens is 1. The summed E-state index contributed by atoms with van der Waals surface area (Å²) in [6.07, 6.45) is 0. The summed E-state index contributed by atoms with van der Waals surface area (Å²) in [5, 5.41) is 0.921. The molecule has 2 aromatic carbocycles. The maximum absolute atomic E-state index is 13.0. The SMILES string of the molecule is COc1ccc2sc(N3CCN(C(=O)CSc4ccc(F)cc4)CC3)nc2c1OC. The van der Waals surface area contributed by atoms with Gasteiger partial charge < -0.3 is 19.3 Å². The third kappa shape index (κ3) is 4.32. The predicted molar refractivity (Wildman–Crippen MR) is 119 cm³/mol.